The van der Waals surface area contributed by atoms with Crippen molar-refractivity contribution in [2.24, 2.45) is 5.73 Å². The second-order valence-electron chi connectivity index (χ2n) is 5.51. The second kappa shape index (κ2) is 7.28. The molecule has 2 nitrogen and oxygen atoms in total. The van der Waals surface area contributed by atoms with E-state index in [4.69, 9.17) is 17.3 Å². The van der Waals surface area contributed by atoms with E-state index >= 15 is 0 Å². The number of nitrogens with two attached hydrogens (primary N) is 1. The predicted molar refractivity (Wildman–Crippen MR) is 82.5 cm³/mol. The number of rotatable bonds is 6. The molecule has 0 saturated heterocycles. The van der Waals surface area contributed by atoms with Gasteiger partial charge in [0, 0.05) is 23.7 Å². The first-order valence-corrected chi connectivity index (χ1v) is 7.83. The van der Waals surface area contributed by atoms with Crippen LogP contribution in [0.15, 0.2) is 24.3 Å². The van der Waals surface area contributed by atoms with Crippen molar-refractivity contribution >= 4 is 11.6 Å². The van der Waals surface area contributed by atoms with E-state index in [2.05, 4.69) is 11.8 Å². The van der Waals surface area contributed by atoms with Crippen LogP contribution < -0.4 is 5.73 Å². The van der Waals surface area contributed by atoms with Crippen LogP contribution in [-0.4, -0.2) is 24.0 Å². The number of halogens is 1. The molecule has 0 aromatic heterocycles. The Hall–Kier alpha value is -0.570. The molecular weight excluding hydrogens is 256 g/mol. The van der Waals surface area contributed by atoms with E-state index in [-0.39, 0.29) is 6.04 Å². The van der Waals surface area contributed by atoms with Gasteiger partial charge in [-0.2, -0.15) is 0 Å². The highest BCUT2D eigenvalue weighted by molar-refractivity contribution is 6.30. The fraction of sp³-hybridized carbons (Fsp3) is 0.625. The first-order valence-electron chi connectivity index (χ1n) is 7.45. The smallest absolute Gasteiger partial charge is 0.0406 e. The maximum atomic E-state index is 6.28. The van der Waals surface area contributed by atoms with Gasteiger partial charge in [-0.05, 0) is 43.5 Å². The summed E-state index contributed by atoms with van der Waals surface area (Å²) in [5.41, 5.74) is 7.46. The largest absolute Gasteiger partial charge is 0.324 e. The van der Waals surface area contributed by atoms with E-state index in [1.54, 1.807) is 0 Å². The van der Waals surface area contributed by atoms with Crippen molar-refractivity contribution in [2.75, 3.05) is 13.1 Å². The zero-order chi connectivity index (χ0) is 13.7. The predicted octanol–water partition coefficient (Wildman–Crippen LogP) is 3.99. The molecule has 2 N–H and O–H groups in total. The van der Waals surface area contributed by atoms with Crippen LogP contribution in [0.4, 0.5) is 0 Å². The van der Waals surface area contributed by atoms with Crippen LogP contribution in [0.25, 0.3) is 0 Å². The lowest BCUT2D eigenvalue weighted by Crippen LogP contribution is -2.35. The first kappa shape index (κ1) is 14.8. The standard InChI is InChI=1S/C16H25ClN2/c1-2-19(15-5-3-4-6-15)12-11-16(18)13-7-9-14(17)10-8-13/h7-10,15-16H,2-6,11-12,18H2,1H3. The summed E-state index contributed by atoms with van der Waals surface area (Å²) in [7, 11) is 0. The lowest BCUT2D eigenvalue weighted by atomic mass is 10.0. The van der Waals surface area contributed by atoms with E-state index in [0.717, 1.165) is 30.6 Å². The van der Waals surface area contributed by atoms with Crippen LogP contribution >= 0.6 is 11.6 Å². The fourth-order valence-corrected chi connectivity index (χ4v) is 3.18. The Balaban J connectivity index is 1.84. The first-order chi connectivity index (χ1) is 9.20. The average Bonchev–Trinajstić information content (AvgIpc) is 2.94. The fourth-order valence-electron chi connectivity index (χ4n) is 3.05. The zero-order valence-electron chi connectivity index (χ0n) is 11.8. The van der Waals surface area contributed by atoms with E-state index < -0.39 is 0 Å². The molecule has 0 amide bonds. The van der Waals surface area contributed by atoms with Crippen LogP contribution in [0.2, 0.25) is 5.02 Å². The monoisotopic (exact) mass is 280 g/mol. The van der Waals surface area contributed by atoms with Gasteiger partial charge in [0.25, 0.3) is 0 Å². The second-order valence-corrected chi connectivity index (χ2v) is 5.95. The van der Waals surface area contributed by atoms with Gasteiger partial charge in [-0.1, -0.05) is 43.5 Å². The quantitative estimate of drug-likeness (QED) is 0.854. The summed E-state index contributed by atoms with van der Waals surface area (Å²) in [6.45, 7) is 4.50. The molecule has 1 atom stereocenters. The molecule has 106 valence electrons. The van der Waals surface area contributed by atoms with Crippen molar-refractivity contribution in [3.8, 4) is 0 Å². The molecule has 1 aliphatic carbocycles. The van der Waals surface area contributed by atoms with Gasteiger partial charge >= 0.3 is 0 Å². The molecule has 1 unspecified atom stereocenters. The molecule has 1 fully saturated rings. The van der Waals surface area contributed by atoms with Crippen LogP contribution in [0.3, 0.4) is 0 Å². The molecule has 0 heterocycles. The maximum absolute atomic E-state index is 6.28. The molecular formula is C16H25ClN2. The molecule has 3 heteroatoms. The van der Waals surface area contributed by atoms with Crippen molar-refractivity contribution in [1.82, 2.24) is 4.90 Å². The van der Waals surface area contributed by atoms with Crippen LogP contribution in [0, 0.1) is 0 Å². The molecule has 2 rings (SSSR count). The van der Waals surface area contributed by atoms with Crippen molar-refractivity contribution in [1.29, 1.82) is 0 Å². The highest BCUT2D eigenvalue weighted by atomic mass is 35.5. The number of hydrogen-bond acceptors (Lipinski definition) is 2. The summed E-state index contributed by atoms with van der Waals surface area (Å²) in [6.07, 6.45) is 6.54. The minimum absolute atomic E-state index is 0.118. The Morgan fingerprint density at radius 1 is 1.26 bits per heavy atom. The zero-order valence-corrected chi connectivity index (χ0v) is 12.6. The van der Waals surface area contributed by atoms with Crippen molar-refractivity contribution in [2.45, 2.75) is 51.1 Å². The van der Waals surface area contributed by atoms with Gasteiger partial charge in [0.1, 0.15) is 0 Å². The normalized spacial score (nSPS) is 18.1. The van der Waals surface area contributed by atoms with Gasteiger partial charge < -0.3 is 10.6 Å². The highest BCUT2D eigenvalue weighted by Crippen LogP contribution is 2.24. The third-order valence-corrected chi connectivity index (χ3v) is 4.52. The third kappa shape index (κ3) is 4.20. The van der Waals surface area contributed by atoms with E-state index in [1.807, 2.05) is 24.3 Å². The van der Waals surface area contributed by atoms with Gasteiger partial charge in [-0.3, -0.25) is 0 Å². The highest BCUT2D eigenvalue weighted by Gasteiger charge is 2.21. The Labute approximate surface area is 121 Å². The molecule has 0 radical (unpaired) electrons. The van der Waals surface area contributed by atoms with E-state index in [0.29, 0.717) is 0 Å². The Morgan fingerprint density at radius 3 is 2.47 bits per heavy atom. The summed E-state index contributed by atoms with van der Waals surface area (Å²) >= 11 is 5.90. The maximum Gasteiger partial charge on any atom is 0.0406 e. The number of nitrogens with zero attached hydrogens (tertiary/aromatic N) is 1. The summed E-state index contributed by atoms with van der Waals surface area (Å²) < 4.78 is 0. The van der Waals surface area contributed by atoms with Gasteiger partial charge in [0.05, 0.1) is 0 Å². The lowest BCUT2D eigenvalue weighted by molar-refractivity contribution is 0.202. The van der Waals surface area contributed by atoms with Crippen molar-refractivity contribution in [3.63, 3.8) is 0 Å². The Kier molecular flexibility index (Phi) is 5.68. The molecule has 19 heavy (non-hydrogen) atoms. The molecule has 1 aromatic rings. The van der Waals surface area contributed by atoms with Crippen LogP contribution in [0.1, 0.15) is 50.6 Å². The van der Waals surface area contributed by atoms with Crippen molar-refractivity contribution in [3.05, 3.63) is 34.9 Å². The summed E-state index contributed by atoms with van der Waals surface area (Å²) in [5, 5.41) is 0.775. The van der Waals surface area contributed by atoms with Gasteiger partial charge in [-0.15, -0.1) is 0 Å². The van der Waals surface area contributed by atoms with Gasteiger partial charge in [0.2, 0.25) is 0 Å². The average molecular weight is 281 g/mol. The molecule has 1 aliphatic rings. The molecule has 0 bridgehead atoms. The van der Waals surface area contributed by atoms with Gasteiger partial charge in [0.15, 0.2) is 0 Å². The third-order valence-electron chi connectivity index (χ3n) is 4.27. The summed E-state index contributed by atoms with van der Waals surface area (Å²) in [6, 6.07) is 8.84. The van der Waals surface area contributed by atoms with Gasteiger partial charge in [-0.25, -0.2) is 0 Å². The minimum atomic E-state index is 0.118. The van der Waals surface area contributed by atoms with E-state index in [1.165, 1.54) is 31.2 Å². The number of hydrogen-bond donors (Lipinski definition) is 1. The molecule has 1 aromatic carbocycles. The van der Waals surface area contributed by atoms with Crippen LogP contribution in [-0.2, 0) is 0 Å². The van der Waals surface area contributed by atoms with Crippen LogP contribution in [0.5, 0.6) is 0 Å². The topological polar surface area (TPSA) is 29.3 Å². The van der Waals surface area contributed by atoms with Crippen molar-refractivity contribution < 1.29 is 0 Å². The summed E-state index contributed by atoms with van der Waals surface area (Å²) in [4.78, 5) is 2.60. The minimum Gasteiger partial charge on any atom is -0.324 e. The molecule has 1 saturated carbocycles. The molecule has 0 aliphatic heterocycles. The Bertz CT molecular complexity index is 371. The molecule has 0 spiro atoms. The van der Waals surface area contributed by atoms with E-state index in [9.17, 15) is 0 Å². The lowest BCUT2D eigenvalue weighted by Gasteiger charge is -2.28. The Morgan fingerprint density at radius 2 is 1.89 bits per heavy atom. The number of benzene rings is 1. The SMILES string of the molecule is CCN(CCC(N)c1ccc(Cl)cc1)C1CCCC1. The summed E-state index contributed by atoms with van der Waals surface area (Å²) in [5.74, 6) is 0.